The molecule has 0 bridgehead atoms. The van der Waals surface area contributed by atoms with Gasteiger partial charge in [0.1, 0.15) is 0 Å². The Morgan fingerprint density at radius 1 is 0.750 bits per heavy atom. The van der Waals surface area contributed by atoms with Gasteiger partial charge in [-0.25, -0.2) is 0 Å². The van der Waals surface area contributed by atoms with Gasteiger partial charge < -0.3 is 5.21 Å². The van der Waals surface area contributed by atoms with Gasteiger partial charge in [-0.2, -0.15) is 5.06 Å². The van der Waals surface area contributed by atoms with E-state index in [1.54, 1.807) is 7.05 Å². The van der Waals surface area contributed by atoms with Crippen LogP contribution in [-0.4, -0.2) is 17.3 Å². The van der Waals surface area contributed by atoms with Gasteiger partial charge >= 0.3 is 0 Å². The molecule has 0 aliphatic heterocycles. The molecule has 2 aromatic rings. The molecule has 106 valence electrons. The molecule has 0 heterocycles. The van der Waals surface area contributed by atoms with Gasteiger partial charge in [0.05, 0.1) is 5.54 Å². The number of likely N-dealkylation sites (N-methyl/N-ethyl adjacent to an activating group) is 1. The number of hydrogen-bond acceptors (Lipinski definition) is 2. The molecule has 2 heteroatoms. The molecule has 0 aromatic heterocycles. The second-order valence-corrected chi connectivity index (χ2v) is 5.95. The van der Waals surface area contributed by atoms with Crippen LogP contribution in [0.15, 0.2) is 60.7 Å². The largest absolute Gasteiger partial charge is 0.313 e. The van der Waals surface area contributed by atoms with Gasteiger partial charge in [-0.3, -0.25) is 0 Å². The molecule has 0 aliphatic rings. The van der Waals surface area contributed by atoms with Gasteiger partial charge in [-0.05, 0) is 18.1 Å². The SMILES string of the molecule is CN(O)C(C)(c1ccccc1)C(C)(C)c1ccccc1. The second-order valence-electron chi connectivity index (χ2n) is 5.95. The van der Waals surface area contributed by atoms with Crippen molar-refractivity contribution in [3.63, 3.8) is 0 Å². The highest BCUT2D eigenvalue weighted by Crippen LogP contribution is 2.45. The van der Waals surface area contributed by atoms with Crippen LogP contribution in [0.2, 0.25) is 0 Å². The van der Waals surface area contributed by atoms with Gasteiger partial charge in [-0.15, -0.1) is 0 Å². The van der Waals surface area contributed by atoms with E-state index in [1.807, 2.05) is 36.4 Å². The van der Waals surface area contributed by atoms with Gasteiger partial charge in [0.15, 0.2) is 0 Å². The number of benzene rings is 2. The Morgan fingerprint density at radius 3 is 1.55 bits per heavy atom. The fourth-order valence-corrected chi connectivity index (χ4v) is 2.85. The number of nitrogens with zero attached hydrogens (tertiary/aromatic N) is 1. The third-order valence-corrected chi connectivity index (χ3v) is 4.70. The first-order chi connectivity index (χ1) is 9.40. The Morgan fingerprint density at radius 2 is 1.15 bits per heavy atom. The summed E-state index contributed by atoms with van der Waals surface area (Å²) >= 11 is 0. The molecule has 0 aliphatic carbocycles. The molecule has 2 rings (SSSR count). The first-order valence-corrected chi connectivity index (χ1v) is 6.94. The van der Waals surface area contributed by atoms with Crippen LogP contribution in [0.5, 0.6) is 0 Å². The lowest BCUT2D eigenvalue weighted by molar-refractivity contribution is -0.175. The molecule has 0 fully saturated rings. The van der Waals surface area contributed by atoms with Crippen molar-refractivity contribution in [2.45, 2.75) is 31.7 Å². The van der Waals surface area contributed by atoms with Crippen LogP contribution in [0.25, 0.3) is 0 Å². The minimum Gasteiger partial charge on any atom is -0.313 e. The summed E-state index contributed by atoms with van der Waals surface area (Å²) in [7, 11) is 1.72. The zero-order chi connectivity index (χ0) is 14.8. The van der Waals surface area contributed by atoms with E-state index in [0.717, 1.165) is 5.56 Å². The summed E-state index contributed by atoms with van der Waals surface area (Å²) in [6.07, 6.45) is 0. The van der Waals surface area contributed by atoms with E-state index in [9.17, 15) is 5.21 Å². The molecule has 1 unspecified atom stereocenters. The Balaban J connectivity index is 2.59. The van der Waals surface area contributed by atoms with E-state index in [1.165, 1.54) is 10.6 Å². The number of hydrogen-bond donors (Lipinski definition) is 1. The van der Waals surface area contributed by atoms with Crippen LogP contribution in [0.1, 0.15) is 31.9 Å². The molecule has 0 spiro atoms. The molecule has 1 N–H and O–H groups in total. The fraction of sp³-hybridized carbons (Fsp3) is 0.333. The summed E-state index contributed by atoms with van der Waals surface area (Å²) < 4.78 is 0. The molecule has 2 nitrogen and oxygen atoms in total. The lowest BCUT2D eigenvalue weighted by Crippen LogP contribution is -2.53. The first kappa shape index (κ1) is 14.8. The van der Waals surface area contributed by atoms with E-state index < -0.39 is 5.54 Å². The third kappa shape index (κ3) is 2.26. The minimum atomic E-state index is -0.518. The van der Waals surface area contributed by atoms with Crippen molar-refractivity contribution < 1.29 is 5.21 Å². The first-order valence-electron chi connectivity index (χ1n) is 6.94. The maximum Gasteiger partial charge on any atom is 0.0768 e. The van der Waals surface area contributed by atoms with Crippen LogP contribution in [0.3, 0.4) is 0 Å². The van der Waals surface area contributed by atoms with Crippen LogP contribution >= 0.6 is 0 Å². The lowest BCUT2D eigenvalue weighted by atomic mass is 9.65. The minimum absolute atomic E-state index is 0.251. The van der Waals surface area contributed by atoms with E-state index in [2.05, 4.69) is 45.0 Å². The molecule has 0 saturated carbocycles. The summed E-state index contributed by atoms with van der Waals surface area (Å²) in [6, 6.07) is 20.5. The van der Waals surface area contributed by atoms with Gasteiger partial charge in [0.2, 0.25) is 0 Å². The van der Waals surface area contributed by atoms with Crippen molar-refractivity contribution in [2.24, 2.45) is 0 Å². The molecule has 0 saturated heterocycles. The van der Waals surface area contributed by atoms with Crippen molar-refractivity contribution in [1.29, 1.82) is 0 Å². The van der Waals surface area contributed by atoms with Crippen LogP contribution in [-0.2, 0) is 11.0 Å². The summed E-state index contributed by atoms with van der Waals surface area (Å²) in [5.74, 6) is 0. The average Bonchev–Trinajstić information content (AvgIpc) is 2.47. The highest BCUT2D eigenvalue weighted by Gasteiger charge is 2.46. The molecule has 0 amide bonds. The summed E-state index contributed by atoms with van der Waals surface area (Å²) in [5, 5.41) is 11.7. The molecule has 1 atom stereocenters. The Bertz CT molecular complexity index is 548. The zero-order valence-electron chi connectivity index (χ0n) is 12.7. The van der Waals surface area contributed by atoms with Gasteiger partial charge in [0.25, 0.3) is 0 Å². The van der Waals surface area contributed by atoms with E-state index in [-0.39, 0.29) is 5.41 Å². The maximum atomic E-state index is 10.4. The summed E-state index contributed by atoms with van der Waals surface area (Å²) in [4.78, 5) is 0. The third-order valence-electron chi connectivity index (χ3n) is 4.70. The van der Waals surface area contributed by atoms with Crippen molar-refractivity contribution >= 4 is 0 Å². The molecular weight excluding hydrogens is 246 g/mol. The Kier molecular flexibility index (Phi) is 3.98. The predicted octanol–water partition coefficient (Wildman–Crippen LogP) is 4.20. The highest BCUT2D eigenvalue weighted by molar-refractivity contribution is 5.35. The molecular formula is C18H23NO. The van der Waals surface area contributed by atoms with Crippen molar-refractivity contribution in [1.82, 2.24) is 5.06 Å². The molecule has 0 radical (unpaired) electrons. The van der Waals surface area contributed by atoms with Crippen molar-refractivity contribution in [3.8, 4) is 0 Å². The summed E-state index contributed by atoms with van der Waals surface area (Å²) in [5.41, 5.74) is 1.53. The number of hydroxylamine groups is 2. The fourth-order valence-electron chi connectivity index (χ4n) is 2.85. The van der Waals surface area contributed by atoms with Gasteiger partial charge in [0, 0.05) is 12.5 Å². The van der Waals surface area contributed by atoms with E-state index in [0.29, 0.717) is 0 Å². The van der Waals surface area contributed by atoms with Crippen molar-refractivity contribution in [2.75, 3.05) is 7.05 Å². The normalized spacial score (nSPS) is 15.1. The summed E-state index contributed by atoms with van der Waals surface area (Å²) in [6.45, 7) is 6.42. The monoisotopic (exact) mass is 269 g/mol. The van der Waals surface area contributed by atoms with E-state index in [4.69, 9.17) is 0 Å². The number of rotatable bonds is 4. The van der Waals surface area contributed by atoms with E-state index >= 15 is 0 Å². The standard InChI is InChI=1S/C18H23NO/c1-17(2,15-11-7-5-8-12-15)18(3,19(4)20)16-13-9-6-10-14-16/h5-14,20H,1-4H3. The van der Waals surface area contributed by atoms with Gasteiger partial charge in [-0.1, -0.05) is 74.5 Å². The Labute approximate surface area is 121 Å². The average molecular weight is 269 g/mol. The van der Waals surface area contributed by atoms with Crippen LogP contribution in [0.4, 0.5) is 0 Å². The molecule has 20 heavy (non-hydrogen) atoms. The quantitative estimate of drug-likeness (QED) is 0.841. The maximum absolute atomic E-state index is 10.4. The van der Waals surface area contributed by atoms with Crippen LogP contribution in [0, 0.1) is 0 Å². The smallest absolute Gasteiger partial charge is 0.0768 e. The van der Waals surface area contributed by atoms with Crippen LogP contribution < -0.4 is 0 Å². The highest BCUT2D eigenvalue weighted by atomic mass is 16.5. The second kappa shape index (κ2) is 5.39. The predicted molar refractivity (Wildman–Crippen MR) is 82.8 cm³/mol. The zero-order valence-corrected chi connectivity index (χ0v) is 12.7. The lowest BCUT2D eigenvalue weighted by Gasteiger charge is -2.48. The topological polar surface area (TPSA) is 23.5 Å². The van der Waals surface area contributed by atoms with Crippen molar-refractivity contribution in [3.05, 3.63) is 71.8 Å². The Hall–Kier alpha value is -1.64. The molecule has 2 aromatic carbocycles.